The number of fused-ring (bicyclic) bond motifs is 1. The summed E-state index contributed by atoms with van der Waals surface area (Å²) in [4.78, 5) is 0. The van der Waals surface area contributed by atoms with Crippen molar-refractivity contribution in [2.45, 2.75) is 6.54 Å². The molecule has 20 heavy (non-hydrogen) atoms. The number of rotatable bonds is 8. The van der Waals surface area contributed by atoms with Gasteiger partial charge in [0, 0.05) is 13.1 Å². The van der Waals surface area contributed by atoms with Gasteiger partial charge in [0.1, 0.15) is 13.2 Å². The van der Waals surface area contributed by atoms with E-state index in [0.29, 0.717) is 44.5 Å². The van der Waals surface area contributed by atoms with Crippen molar-refractivity contribution >= 4 is 0 Å². The second-order valence-electron chi connectivity index (χ2n) is 4.34. The van der Waals surface area contributed by atoms with Gasteiger partial charge in [0.15, 0.2) is 11.5 Å². The van der Waals surface area contributed by atoms with Crippen LogP contribution in [0.3, 0.4) is 0 Å². The Hall–Kier alpha value is -1.50. The minimum absolute atomic E-state index is 0.0549. The maximum absolute atomic E-state index is 8.59. The number of hydrogen-bond acceptors (Lipinski definition) is 6. The van der Waals surface area contributed by atoms with Crippen LogP contribution in [-0.4, -0.2) is 51.8 Å². The van der Waals surface area contributed by atoms with Crippen LogP contribution < -0.4 is 19.5 Å². The van der Waals surface area contributed by atoms with E-state index in [1.165, 1.54) is 0 Å². The molecule has 1 aliphatic heterocycles. The second kappa shape index (κ2) is 7.94. The molecule has 0 unspecified atom stereocenters. The fraction of sp³-hybridized carbons (Fsp3) is 0.571. The molecule has 0 radical (unpaired) electrons. The summed E-state index contributed by atoms with van der Waals surface area (Å²) in [7, 11) is 1.62. The summed E-state index contributed by atoms with van der Waals surface area (Å²) in [5.74, 6) is 2.09. The molecule has 0 saturated heterocycles. The summed E-state index contributed by atoms with van der Waals surface area (Å²) in [6.07, 6.45) is 0. The number of aliphatic hydroxyl groups is 1. The molecule has 6 heteroatoms. The lowest BCUT2D eigenvalue weighted by atomic mass is 10.1. The summed E-state index contributed by atoms with van der Waals surface area (Å²) in [5, 5.41) is 11.8. The first-order valence-corrected chi connectivity index (χ1v) is 6.71. The van der Waals surface area contributed by atoms with Crippen molar-refractivity contribution in [3.8, 4) is 17.2 Å². The molecule has 2 N–H and O–H groups in total. The van der Waals surface area contributed by atoms with E-state index >= 15 is 0 Å². The van der Waals surface area contributed by atoms with Gasteiger partial charge in [-0.05, 0) is 17.7 Å². The molecule has 0 bridgehead atoms. The molecule has 1 aromatic carbocycles. The maximum atomic E-state index is 8.59. The lowest BCUT2D eigenvalue weighted by Crippen LogP contribution is -2.21. The highest BCUT2D eigenvalue weighted by Crippen LogP contribution is 2.40. The number of aliphatic hydroxyl groups excluding tert-OH is 1. The van der Waals surface area contributed by atoms with Gasteiger partial charge in [-0.3, -0.25) is 0 Å². The Morgan fingerprint density at radius 3 is 2.90 bits per heavy atom. The highest BCUT2D eigenvalue weighted by molar-refractivity contribution is 5.54. The molecule has 0 amide bonds. The van der Waals surface area contributed by atoms with Crippen molar-refractivity contribution in [2.24, 2.45) is 0 Å². The molecule has 0 aliphatic carbocycles. The predicted octanol–water partition coefficient (Wildman–Crippen LogP) is 0.565. The molecule has 2 rings (SSSR count). The molecule has 0 fully saturated rings. The summed E-state index contributed by atoms with van der Waals surface area (Å²) < 4.78 is 21.6. The van der Waals surface area contributed by atoms with Crippen LogP contribution in [-0.2, 0) is 11.3 Å². The Balaban J connectivity index is 1.88. The molecule has 1 heterocycles. The SMILES string of the molecule is COc1cc(CNCCOCCO)cc2c1OCCO2. The van der Waals surface area contributed by atoms with E-state index in [4.69, 9.17) is 24.1 Å². The molecule has 0 spiro atoms. The van der Waals surface area contributed by atoms with Crippen LogP contribution in [0.15, 0.2) is 12.1 Å². The smallest absolute Gasteiger partial charge is 0.203 e. The van der Waals surface area contributed by atoms with Crippen molar-refractivity contribution in [2.75, 3.05) is 46.7 Å². The van der Waals surface area contributed by atoms with Crippen LogP contribution in [0.5, 0.6) is 17.2 Å². The van der Waals surface area contributed by atoms with E-state index in [2.05, 4.69) is 5.32 Å². The monoisotopic (exact) mass is 283 g/mol. The first-order valence-electron chi connectivity index (χ1n) is 6.71. The van der Waals surface area contributed by atoms with Crippen LogP contribution in [0.4, 0.5) is 0 Å². The fourth-order valence-corrected chi connectivity index (χ4v) is 1.97. The van der Waals surface area contributed by atoms with Crippen molar-refractivity contribution in [1.29, 1.82) is 0 Å². The van der Waals surface area contributed by atoms with Crippen LogP contribution in [0.1, 0.15) is 5.56 Å². The molecule has 0 aromatic heterocycles. The zero-order valence-electron chi connectivity index (χ0n) is 11.7. The van der Waals surface area contributed by atoms with Crippen molar-refractivity contribution in [3.05, 3.63) is 17.7 Å². The molecule has 6 nitrogen and oxygen atoms in total. The molecule has 112 valence electrons. The Morgan fingerprint density at radius 2 is 2.10 bits per heavy atom. The van der Waals surface area contributed by atoms with E-state index in [-0.39, 0.29) is 6.61 Å². The second-order valence-corrected chi connectivity index (χ2v) is 4.34. The van der Waals surface area contributed by atoms with Crippen LogP contribution >= 0.6 is 0 Å². The highest BCUT2D eigenvalue weighted by Gasteiger charge is 2.18. The number of ether oxygens (including phenoxy) is 4. The van der Waals surface area contributed by atoms with Crippen molar-refractivity contribution < 1.29 is 24.1 Å². The van der Waals surface area contributed by atoms with E-state index in [9.17, 15) is 0 Å². The molecule has 0 saturated carbocycles. The van der Waals surface area contributed by atoms with Crippen LogP contribution in [0, 0.1) is 0 Å². The number of nitrogens with one attached hydrogen (secondary N) is 1. The largest absolute Gasteiger partial charge is 0.493 e. The number of methoxy groups -OCH3 is 1. The third-order valence-electron chi connectivity index (χ3n) is 2.88. The van der Waals surface area contributed by atoms with E-state index in [1.807, 2.05) is 12.1 Å². The summed E-state index contributed by atoms with van der Waals surface area (Å²) >= 11 is 0. The third-order valence-corrected chi connectivity index (χ3v) is 2.88. The highest BCUT2D eigenvalue weighted by atomic mass is 16.6. The van der Waals surface area contributed by atoms with Gasteiger partial charge in [0.05, 0.1) is 26.9 Å². The van der Waals surface area contributed by atoms with Gasteiger partial charge in [-0.1, -0.05) is 0 Å². The lowest BCUT2D eigenvalue weighted by molar-refractivity contribution is 0.0938. The lowest BCUT2D eigenvalue weighted by Gasteiger charge is -2.21. The molecule has 0 atom stereocenters. The minimum atomic E-state index is 0.0549. The van der Waals surface area contributed by atoms with Gasteiger partial charge >= 0.3 is 0 Å². The molecule has 1 aromatic rings. The topological polar surface area (TPSA) is 69.2 Å². The van der Waals surface area contributed by atoms with Crippen molar-refractivity contribution in [3.63, 3.8) is 0 Å². The average molecular weight is 283 g/mol. The standard InChI is InChI=1S/C14H21NO5/c1-17-12-8-11(10-15-2-4-18-5-3-16)9-13-14(12)20-7-6-19-13/h8-9,15-16H,2-7,10H2,1H3. The summed E-state index contributed by atoms with van der Waals surface area (Å²) in [5.41, 5.74) is 1.06. The third kappa shape index (κ3) is 4.00. The van der Waals surface area contributed by atoms with Gasteiger partial charge in [-0.25, -0.2) is 0 Å². The maximum Gasteiger partial charge on any atom is 0.203 e. The van der Waals surface area contributed by atoms with E-state index < -0.39 is 0 Å². The minimum Gasteiger partial charge on any atom is -0.493 e. The van der Waals surface area contributed by atoms with E-state index in [1.54, 1.807) is 7.11 Å². The van der Waals surface area contributed by atoms with Crippen LogP contribution in [0.25, 0.3) is 0 Å². The van der Waals surface area contributed by atoms with Gasteiger partial charge in [0.25, 0.3) is 0 Å². The zero-order valence-corrected chi connectivity index (χ0v) is 11.7. The summed E-state index contributed by atoms with van der Waals surface area (Å²) in [6, 6.07) is 3.90. The number of benzene rings is 1. The number of hydrogen-bond donors (Lipinski definition) is 2. The Morgan fingerprint density at radius 1 is 1.25 bits per heavy atom. The zero-order chi connectivity index (χ0) is 14.2. The van der Waals surface area contributed by atoms with Gasteiger partial charge < -0.3 is 29.4 Å². The molecular formula is C14H21NO5. The molecular weight excluding hydrogens is 262 g/mol. The van der Waals surface area contributed by atoms with Gasteiger partial charge in [-0.2, -0.15) is 0 Å². The quantitative estimate of drug-likeness (QED) is 0.680. The Labute approximate surface area is 118 Å². The predicted molar refractivity (Wildman–Crippen MR) is 73.6 cm³/mol. The Kier molecular flexibility index (Phi) is 5.91. The Bertz CT molecular complexity index is 407. The molecule has 1 aliphatic rings. The van der Waals surface area contributed by atoms with E-state index in [0.717, 1.165) is 17.9 Å². The normalized spacial score (nSPS) is 13.3. The van der Waals surface area contributed by atoms with Crippen LogP contribution in [0.2, 0.25) is 0 Å². The van der Waals surface area contributed by atoms with Gasteiger partial charge in [0.2, 0.25) is 5.75 Å². The first-order chi connectivity index (χ1) is 9.85. The fourth-order valence-electron chi connectivity index (χ4n) is 1.97. The first kappa shape index (κ1) is 14.9. The van der Waals surface area contributed by atoms with Crippen molar-refractivity contribution in [1.82, 2.24) is 5.32 Å². The summed E-state index contributed by atoms with van der Waals surface area (Å²) in [6.45, 7) is 3.51. The average Bonchev–Trinajstić information content (AvgIpc) is 2.50. The van der Waals surface area contributed by atoms with Gasteiger partial charge in [-0.15, -0.1) is 0 Å².